The molecule has 0 unspecified atom stereocenters. The van der Waals surface area contributed by atoms with E-state index in [1.807, 2.05) is 0 Å². The molecule has 0 radical (unpaired) electrons. The highest BCUT2D eigenvalue weighted by atomic mass is 33.1. The number of amides is 14. The van der Waals surface area contributed by atoms with Crippen LogP contribution in [0.15, 0.2) is 65.7 Å². The molecule has 0 aromatic heterocycles. The molecule has 14 amide bonds. The second kappa shape index (κ2) is 43.5. The number of carbonyl (C=O) groups is 15. The number of aliphatic imine (C=N–C) groups is 1. The van der Waals surface area contributed by atoms with Crippen molar-refractivity contribution in [2.75, 3.05) is 50.8 Å². The van der Waals surface area contributed by atoms with Crippen LogP contribution in [-0.2, 0) is 84.8 Å². The number of fused-ring (bicyclic) bond motifs is 2. The van der Waals surface area contributed by atoms with Gasteiger partial charge in [-0.15, -0.1) is 0 Å². The molecule has 0 aliphatic carbocycles. The molecule has 2 aromatic carbocycles. The predicted molar refractivity (Wildman–Crippen MR) is 401 cm³/mol. The Balaban J connectivity index is 1.46. The van der Waals surface area contributed by atoms with Gasteiger partial charge in [-0.2, -0.15) is 0 Å². The van der Waals surface area contributed by atoms with E-state index in [1.54, 1.807) is 88.4 Å². The van der Waals surface area contributed by atoms with E-state index in [4.69, 9.17) is 22.9 Å². The molecule has 4 saturated heterocycles. The number of carbonyl (C=O) groups excluding carboxylic acids is 14. The lowest BCUT2D eigenvalue weighted by atomic mass is 9.96. The topological polar surface area (TPSA) is 563 Å². The summed E-state index contributed by atoms with van der Waals surface area (Å²) in [6, 6.07) is -2.47. The SMILES string of the molecule is CC[C@H](C)[C@@H]1NC(=O)[C@@H]2CCCN2C(=O)[C@@H]2CCCN2C(=O)[C@H]([C@@H](C)CC)NC(=O)[C@H](CO)NC(=O)[C@H](CCc2ccccc2)NC(=O)[C@H]([C@@H](C)O)NC(=O)[C@@H](NC(=O)[C@H](CCCN=C(N)N)NC(=O)CN)CSSC[C@@H](C(=O)N[C@@H](Cc2ccccc2)C(=O)N2CCC[C@H]2C(=O)N[C@@H](CC(=O)O)C(N)=O)NC1=O. The van der Waals surface area contributed by atoms with Crippen LogP contribution in [0.1, 0.15) is 123 Å². The number of likely N-dealkylation sites (tertiary alicyclic amines) is 1. The van der Waals surface area contributed by atoms with Gasteiger partial charge in [0.15, 0.2) is 5.96 Å². The van der Waals surface area contributed by atoms with Crippen molar-refractivity contribution in [3.8, 4) is 0 Å². The van der Waals surface area contributed by atoms with E-state index >= 15 is 14.4 Å². The van der Waals surface area contributed by atoms with Gasteiger partial charge in [-0.25, -0.2) is 0 Å². The molecule has 4 aliphatic heterocycles. The number of rotatable bonds is 27. The number of aryl methyl sites for hydroxylation is 1. The zero-order valence-corrected chi connectivity index (χ0v) is 63.6. The summed E-state index contributed by atoms with van der Waals surface area (Å²) in [7, 11) is 1.68. The molecule has 38 heteroatoms. The minimum Gasteiger partial charge on any atom is -0.481 e. The third-order valence-electron chi connectivity index (χ3n) is 19.7. The molecule has 16 atom stereocenters. The van der Waals surface area contributed by atoms with E-state index in [1.165, 1.54) is 14.7 Å². The van der Waals surface area contributed by atoms with Crippen LogP contribution in [0.3, 0.4) is 0 Å². The molecule has 36 nitrogen and oxygen atoms in total. The number of nitrogens with zero attached hydrogens (tertiary/aromatic N) is 4. The number of benzene rings is 2. The fourth-order valence-electron chi connectivity index (χ4n) is 13.1. The largest absolute Gasteiger partial charge is 0.481 e. The average Bonchev–Trinajstić information content (AvgIpc) is 1.68. The number of carboxylic acids is 1. The van der Waals surface area contributed by atoms with Crippen LogP contribution in [0, 0.1) is 11.8 Å². The van der Waals surface area contributed by atoms with Gasteiger partial charge in [-0.3, -0.25) is 76.9 Å². The van der Waals surface area contributed by atoms with Crippen molar-refractivity contribution >= 4 is 116 Å². The first-order valence-electron chi connectivity index (χ1n) is 36.7. The summed E-state index contributed by atoms with van der Waals surface area (Å²) in [5, 5.41) is 57.6. The number of aliphatic hydroxyl groups is 2. The zero-order valence-electron chi connectivity index (χ0n) is 61.9. The van der Waals surface area contributed by atoms with Crippen LogP contribution < -0.4 is 76.1 Å². The lowest BCUT2D eigenvalue weighted by Gasteiger charge is -2.35. The van der Waals surface area contributed by atoms with Gasteiger partial charge in [0.05, 0.1) is 25.7 Å². The Morgan fingerprint density at radius 1 is 0.615 bits per heavy atom. The predicted octanol–water partition coefficient (Wildman–Crippen LogP) is -4.48. The second-order valence-corrected chi connectivity index (χ2v) is 30.2. The molecule has 0 bridgehead atoms. The lowest BCUT2D eigenvalue weighted by Crippen LogP contribution is -2.62. The number of aliphatic carboxylic acids is 1. The van der Waals surface area contributed by atoms with Crippen LogP contribution in [0.4, 0.5) is 0 Å². The van der Waals surface area contributed by atoms with Crippen molar-refractivity contribution in [3.05, 3.63) is 71.8 Å². The third-order valence-corrected chi connectivity index (χ3v) is 22.1. The van der Waals surface area contributed by atoms with Crippen molar-refractivity contribution in [3.63, 3.8) is 0 Å². The monoisotopic (exact) mass is 1560 g/mol. The first-order valence-corrected chi connectivity index (χ1v) is 39.2. The zero-order chi connectivity index (χ0) is 80.2. The Morgan fingerprint density at radius 3 is 1.78 bits per heavy atom. The quantitative estimate of drug-likeness (QED) is 0.0174. The Morgan fingerprint density at radius 2 is 1.17 bits per heavy atom. The van der Waals surface area contributed by atoms with Crippen molar-refractivity contribution < 1.29 is 87.2 Å². The van der Waals surface area contributed by atoms with Crippen molar-refractivity contribution in [2.24, 2.45) is 39.8 Å². The number of carboxylic acid groups (broad SMARTS) is 1. The summed E-state index contributed by atoms with van der Waals surface area (Å²) in [5.41, 5.74) is 23.4. The van der Waals surface area contributed by atoms with Crippen molar-refractivity contribution in [1.82, 2.24) is 67.9 Å². The van der Waals surface area contributed by atoms with Crippen LogP contribution in [-0.4, -0.2) is 260 Å². The molecule has 0 saturated carbocycles. The number of guanidine groups is 1. The number of nitrogens with two attached hydrogens (primary N) is 4. The van der Waals surface area contributed by atoms with Gasteiger partial charge < -0.3 is 106 Å². The highest BCUT2D eigenvalue weighted by molar-refractivity contribution is 8.76. The number of primary amides is 1. The van der Waals surface area contributed by atoms with Crippen LogP contribution in [0.25, 0.3) is 0 Å². The fraction of sp³-hybridized carbons (Fsp3) is 0.606. The van der Waals surface area contributed by atoms with E-state index in [-0.39, 0.29) is 96.3 Å². The average molecular weight is 1560 g/mol. The second-order valence-electron chi connectivity index (χ2n) is 27.6. The maximum atomic E-state index is 15.4. The summed E-state index contributed by atoms with van der Waals surface area (Å²) in [6.45, 7) is 6.51. The molecule has 600 valence electrons. The van der Waals surface area contributed by atoms with Gasteiger partial charge in [0.25, 0.3) is 0 Å². The molecule has 2 aromatic rings. The fourth-order valence-corrected chi connectivity index (χ4v) is 15.4. The molecule has 6 rings (SSSR count). The lowest BCUT2D eigenvalue weighted by molar-refractivity contribution is -0.149. The Bertz CT molecular complexity index is 3560. The third kappa shape index (κ3) is 26.0. The molecular formula is C71H106N18O18S2. The van der Waals surface area contributed by atoms with Gasteiger partial charge in [-0.1, -0.05) is 123 Å². The number of nitrogens with one attached hydrogen (secondary N) is 10. The highest BCUT2D eigenvalue weighted by Gasteiger charge is 2.47. The summed E-state index contributed by atoms with van der Waals surface area (Å²) in [6.07, 6.45) is -1.04. The molecule has 4 heterocycles. The summed E-state index contributed by atoms with van der Waals surface area (Å²) < 4.78 is 0. The van der Waals surface area contributed by atoms with Crippen molar-refractivity contribution in [2.45, 2.75) is 209 Å². The number of aliphatic hydroxyl groups excluding tert-OH is 2. The van der Waals surface area contributed by atoms with Crippen LogP contribution in [0.2, 0.25) is 0 Å². The van der Waals surface area contributed by atoms with Gasteiger partial charge in [0.2, 0.25) is 82.7 Å². The minimum absolute atomic E-state index is 0.00862. The van der Waals surface area contributed by atoms with E-state index in [0.717, 1.165) is 28.5 Å². The standard InChI is InChI=1S/C71H106N18O18S2/c1-6-38(3)55-66(103)83-48(62(99)80-46(32-42-20-12-9-13-21-42)68(105)87-29-15-23-50(87)64(101)79-45(58(73)95)33-54(93)94)36-108-109-37-49(82-59(96)43(77-53(92)34-72)22-14-28-76-71(74)75)63(100)86-57(40(5)91)67(104)78-44(27-26-41-18-10-8-11-19-41)60(97)81-47(35-90)61(98)85-56(39(4)7-2)70(107)89-31-17-25-52(89)69(106)88-30-16-24-51(88)65(102)84-55/h8-13,18-21,38-40,43-52,55-57,90-91H,6-7,14-17,22-37,72H2,1-5H3,(H2,73,95)(H,77,92)(H,78,104)(H,79,101)(H,80,99)(H,81,97)(H,82,96)(H,83,103)(H,84,102)(H,85,98)(H,86,100)(H,93,94)(H4,74,75,76)/t38-,39-,40+,43-,44-,45-,46-,47-,48-,49-,50-,51-,52-,55-,56-,57-/m0/s1. The Labute approximate surface area is 639 Å². The maximum absolute atomic E-state index is 15.4. The molecule has 4 aliphatic rings. The van der Waals surface area contributed by atoms with E-state index in [2.05, 4.69) is 58.2 Å². The van der Waals surface area contributed by atoms with Gasteiger partial charge in [-0.05, 0) is 94.1 Å². The Kier molecular flexibility index (Phi) is 35.2. The Hall–Kier alpha value is -9.66. The molecule has 109 heavy (non-hydrogen) atoms. The molecular weight excluding hydrogens is 1460 g/mol. The highest BCUT2D eigenvalue weighted by Crippen LogP contribution is 2.29. The van der Waals surface area contributed by atoms with Gasteiger partial charge >= 0.3 is 5.97 Å². The maximum Gasteiger partial charge on any atom is 0.305 e. The van der Waals surface area contributed by atoms with E-state index < -0.39 is 216 Å². The molecule has 4 fully saturated rings. The molecule has 21 N–H and O–H groups in total. The first-order chi connectivity index (χ1) is 51.9. The summed E-state index contributed by atoms with van der Waals surface area (Å²) in [5.74, 6) is -16.7. The number of hydrogen-bond donors (Lipinski definition) is 17. The normalized spacial score (nSPS) is 24.8. The minimum atomic E-state index is -1.93. The number of hydrogen-bond acceptors (Lipinski definition) is 21. The smallest absolute Gasteiger partial charge is 0.305 e. The van der Waals surface area contributed by atoms with Gasteiger partial charge in [0.1, 0.15) is 78.5 Å². The van der Waals surface area contributed by atoms with Crippen LogP contribution in [0.5, 0.6) is 0 Å². The van der Waals surface area contributed by atoms with Gasteiger partial charge in [0, 0.05) is 44.1 Å². The van der Waals surface area contributed by atoms with E-state index in [9.17, 15) is 72.9 Å². The summed E-state index contributed by atoms with van der Waals surface area (Å²) >= 11 is 0. The van der Waals surface area contributed by atoms with Crippen LogP contribution >= 0.6 is 21.6 Å². The first kappa shape index (κ1) is 88.2. The molecule has 0 spiro atoms. The van der Waals surface area contributed by atoms with Crippen molar-refractivity contribution in [1.29, 1.82) is 0 Å². The van der Waals surface area contributed by atoms with E-state index in [0.29, 0.717) is 30.4 Å². The summed E-state index contributed by atoms with van der Waals surface area (Å²) in [4.78, 5) is 222.